The van der Waals surface area contributed by atoms with Gasteiger partial charge in [0.15, 0.2) is 0 Å². The average molecular weight is 590 g/mol. The summed E-state index contributed by atoms with van der Waals surface area (Å²) in [6, 6.07) is 9.84. The molecule has 0 saturated carbocycles. The first-order chi connectivity index (χ1) is 19.8. The minimum Gasteiger partial charge on any atom is -0.379 e. The van der Waals surface area contributed by atoms with E-state index in [-0.39, 0.29) is 42.9 Å². The molecule has 0 N–H and O–H groups in total. The number of likely N-dealkylation sites (tertiary alicyclic amines) is 1. The molecule has 0 aliphatic carbocycles. The van der Waals surface area contributed by atoms with Gasteiger partial charge in [0, 0.05) is 61.6 Å². The number of carbonyl (C=O) groups excluding carboxylic acids is 1. The van der Waals surface area contributed by atoms with Crippen molar-refractivity contribution < 1.29 is 31.5 Å². The van der Waals surface area contributed by atoms with Crippen molar-refractivity contribution in [2.45, 2.75) is 50.9 Å². The van der Waals surface area contributed by atoms with Crippen LogP contribution in [0.2, 0.25) is 0 Å². The number of ether oxygens (including phenoxy) is 1. The predicted octanol–water partition coefficient (Wildman–Crippen LogP) is 5.23. The number of rotatable bonds is 6. The molecule has 3 aromatic rings. The smallest absolute Gasteiger partial charge is 0.379 e. The molecule has 12 heteroatoms. The van der Waals surface area contributed by atoms with Crippen LogP contribution in [0.5, 0.6) is 0 Å². The number of halogens is 5. The van der Waals surface area contributed by atoms with Crippen LogP contribution in [0.1, 0.15) is 52.3 Å². The van der Waals surface area contributed by atoms with Crippen LogP contribution in [-0.4, -0.2) is 57.8 Å². The van der Waals surface area contributed by atoms with Crippen molar-refractivity contribution in [3.05, 3.63) is 76.4 Å². The van der Waals surface area contributed by atoms with Gasteiger partial charge in [-0.15, -0.1) is 10.2 Å². The molecule has 42 heavy (non-hydrogen) atoms. The highest BCUT2D eigenvalue weighted by molar-refractivity contribution is 6.10. The standard InChI is InChI=1S/C30H32F5N5O2/c1-18-11-39(12-19(2)29(18,31)32)13-20-7-23-24(25(8-20)30(33,34)35)14-40(27(23)41)22-6-4-5-21(9-22)28(15-42-16-28)10-26-37-36-17-38(26)3/h4-9,17-19H,10-16H2,1-3H3/t18-,19+. The quantitative estimate of drug-likeness (QED) is 0.369. The van der Waals surface area contributed by atoms with Gasteiger partial charge in [0.25, 0.3) is 11.8 Å². The zero-order chi connectivity index (χ0) is 30.0. The van der Waals surface area contributed by atoms with Gasteiger partial charge in [0.2, 0.25) is 0 Å². The van der Waals surface area contributed by atoms with E-state index in [9.17, 15) is 26.7 Å². The van der Waals surface area contributed by atoms with Gasteiger partial charge in [-0.3, -0.25) is 9.69 Å². The molecular weight excluding hydrogens is 557 g/mol. The van der Waals surface area contributed by atoms with Crippen LogP contribution in [-0.2, 0) is 42.9 Å². The van der Waals surface area contributed by atoms with Crippen molar-refractivity contribution in [1.82, 2.24) is 19.7 Å². The van der Waals surface area contributed by atoms with E-state index in [1.807, 2.05) is 23.7 Å². The molecule has 7 nitrogen and oxygen atoms in total. The Morgan fingerprint density at radius 1 is 1.07 bits per heavy atom. The highest BCUT2D eigenvalue weighted by atomic mass is 19.4. The molecule has 3 aliphatic rings. The first kappa shape index (κ1) is 28.7. The van der Waals surface area contributed by atoms with E-state index in [4.69, 9.17) is 4.74 Å². The number of fused-ring (bicyclic) bond motifs is 1. The first-order valence-electron chi connectivity index (χ1n) is 13.9. The lowest BCUT2D eigenvalue weighted by Crippen LogP contribution is -2.51. The topological polar surface area (TPSA) is 63.5 Å². The molecule has 1 amide bonds. The van der Waals surface area contributed by atoms with E-state index in [0.29, 0.717) is 25.3 Å². The van der Waals surface area contributed by atoms with Crippen LogP contribution in [0, 0.1) is 11.8 Å². The second-order valence-electron chi connectivity index (χ2n) is 12.1. The monoisotopic (exact) mass is 589 g/mol. The highest BCUT2D eigenvalue weighted by Crippen LogP contribution is 2.43. The van der Waals surface area contributed by atoms with E-state index in [2.05, 4.69) is 10.2 Å². The Bertz CT molecular complexity index is 1500. The van der Waals surface area contributed by atoms with Crippen molar-refractivity contribution in [2.24, 2.45) is 18.9 Å². The zero-order valence-corrected chi connectivity index (χ0v) is 23.6. The zero-order valence-electron chi connectivity index (χ0n) is 23.6. The molecule has 2 saturated heterocycles. The van der Waals surface area contributed by atoms with Crippen molar-refractivity contribution >= 4 is 11.6 Å². The molecule has 2 atom stereocenters. The summed E-state index contributed by atoms with van der Waals surface area (Å²) in [5.74, 6) is -4.44. The number of piperidine rings is 1. The summed E-state index contributed by atoms with van der Waals surface area (Å²) in [5, 5.41) is 8.14. The minimum atomic E-state index is -4.68. The Balaban J connectivity index is 1.29. The molecule has 0 bridgehead atoms. The normalized spacial score (nSPS) is 23.6. The fourth-order valence-electron chi connectivity index (χ4n) is 6.48. The summed E-state index contributed by atoms with van der Waals surface area (Å²) < 4.78 is 79.0. The maximum absolute atomic E-state index is 14.4. The molecule has 6 rings (SSSR count). The van der Waals surface area contributed by atoms with Crippen molar-refractivity contribution in [1.29, 1.82) is 0 Å². The number of anilines is 1. The van der Waals surface area contributed by atoms with Gasteiger partial charge < -0.3 is 14.2 Å². The van der Waals surface area contributed by atoms with Crippen molar-refractivity contribution in [3.63, 3.8) is 0 Å². The van der Waals surface area contributed by atoms with Gasteiger partial charge in [0.1, 0.15) is 12.2 Å². The molecule has 2 fully saturated rings. The maximum atomic E-state index is 14.4. The van der Waals surface area contributed by atoms with Gasteiger partial charge in [0.05, 0.1) is 25.3 Å². The lowest BCUT2D eigenvalue weighted by molar-refractivity contribution is -0.140. The van der Waals surface area contributed by atoms with Gasteiger partial charge in [-0.25, -0.2) is 8.78 Å². The number of amides is 1. The fourth-order valence-corrected chi connectivity index (χ4v) is 6.48. The number of carbonyl (C=O) groups is 1. The molecular formula is C30H32F5N5O2. The van der Waals surface area contributed by atoms with Crippen LogP contribution < -0.4 is 4.90 Å². The molecule has 0 unspecified atom stereocenters. The average Bonchev–Trinajstić information content (AvgIpc) is 3.46. The number of hydrogen-bond donors (Lipinski definition) is 0. The molecule has 4 heterocycles. The maximum Gasteiger partial charge on any atom is 0.416 e. The lowest BCUT2D eigenvalue weighted by Gasteiger charge is -2.42. The molecule has 2 aromatic carbocycles. The highest BCUT2D eigenvalue weighted by Gasteiger charge is 2.47. The number of alkyl halides is 5. The minimum absolute atomic E-state index is 0.00515. The van der Waals surface area contributed by atoms with Crippen LogP contribution >= 0.6 is 0 Å². The lowest BCUT2D eigenvalue weighted by atomic mass is 9.75. The summed E-state index contributed by atoms with van der Waals surface area (Å²) in [5.41, 5.74) is 0.341. The Labute approximate surface area is 240 Å². The second-order valence-corrected chi connectivity index (χ2v) is 12.1. The van der Waals surface area contributed by atoms with E-state index >= 15 is 0 Å². The largest absolute Gasteiger partial charge is 0.416 e. The number of hydrogen-bond acceptors (Lipinski definition) is 5. The third-order valence-corrected chi connectivity index (χ3v) is 9.02. The van der Waals surface area contributed by atoms with Crippen LogP contribution in [0.4, 0.5) is 27.6 Å². The first-order valence-corrected chi connectivity index (χ1v) is 13.9. The van der Waals surface area contributed by atoms with Gasteiger partial charge in [-0.2, -0.15) is 13.2 Å². The SMILES string of the molecule is C[C@@H]1CN(Cc2cc3c(c(C(F)(F)F)c2)CN(c2cccc(C4(Cc5nncn5C)COC4)c2)C3=O)C[C@H](C)C1(F)F. The van der Waals surface area contributed by atoms with E-state index in [1.54, 1.807) is 23.4 Å². The third-order valence-electron chi connectivity index (χ3n) is 9.02. The Morgan fingerprint density at radius 3 is 2.38 bits per heavy atom. The summed E-state index contributed by atoms with van der Waals surface area (Å²) in [4.78, 5) is 16.8. The Hall–Kier alpha value is -3.38. The number of nitrogens with zero attached hydrogens (tertiary/aromatic N) is 5. The van der Waals surface area contributed by atoms with E-state index < -0.39 is 40.8 Å². The summed E-state index contributed by atoms with van der Waals surface area (Å²) in [6.45, 7) is 3.74. The third kappa shape index (κ3) is 4.88. The van der Waals surface area contributed by atoms with Crippen molar-refractivity contribution in [2.75, 3.05) is 31.2 Å². The molecule has 224 valence electrons. The Kier molecular flexibility index (Phi) is 6.92. The number of aryl methyl sites for hydroxylation is 1. The molecule has 3 aliphatic heterocycles. The number of benzene rings is 2. The van der Waals surface area contributed by atoms with Crippen LogP contribution in [0.3, 0.4) is 0 Å². The summed E-state index contributed by atoms with van der Waals surface area (Å²) >= 11 is 0. The van der Waals surface area contributed by atoms with E-state index in [0.717, 1.165) is 17.5 Å². The predicted molar refractivity (Wildman–Crippen MR) is 144 cm³/mol. The van der Waals surface area contributed by atoms with Gasteiger partial charge >= 0.3 is 6.18 Å². The van der Waals surface area contributed by atoms with Crippen LogP contribution in [0.25, 0.3) is 0 Å². The van der Waals surface area contributed by atoms with Gasteiger partial charge in [-0.05, 0) is 41.0 Å². The molecule has 0 radical (unpaired) electrons. The van der Waals surface area contributed by atoms with Crippen molar-refractivity contribution in [3.8, 4) is 0 Å². The Morgan fingerprint density at radius 2 is 1.79 bits per heavy atom. The fraction of sp³-hybridized carbons (Fsp3) is 0.500. The van der Waals surface area contributed by atoms with E-state index in [1.165, 1.54) is 24.8 Å². The molecule has 0 spiro atoms. The van der Waals surface area contributed by atoms with Gasteiger partial charge in [-0.1, -0.05) is 26.0 Å². The summed E-state index contributed by atoms with van der Waals surface area (Å²) in [7, 11) is 1.85. The molecule has 1 aromatic heterocycles. The second kappa shape index (κ2) is 10.1. The van der Waals surface area contributed by atoms with Crippen LogP contribution in [0.15, 0.2) is 42.7 Å². The number of aromatic nitrogens is 3. The summed E-state index contributed by atoms with van der Waals surface area (Å²) in [6.07, 6.45) is -2.51.